The van der Waals surface area contributed by atoms with Crippen LogP contribution in [0.15, 0.2) is 170 Å². The van der Waals surface area contributed by atoms with Crippen LogP contribution in [0.3, 0.4) is 0 Å². The molecule has 0 heterocycles. The Morgan fingerprint density at radius 3 is 1.55 bits per heavy atom. The number of fused-ring (bicyclic) bond motifs is 3. The minimum absolute atomic E-state index is 0.0386. The van der Waals surface area contributed by atoms with E-state index in [0.717, 1.165) is 44.5 Å². The summed E-state index contributed by atoms with van der Waals surface area (Å²) in [5.41, 5.74) is 8.39. The van der Waals surface area contributed by atoms with Crippen molar-refractivity contribution in [2.45, 2.75) is 81.3 Å². The van der Waals surface area contributed by atoms with Crippen LogP contribution in [0.25, 0.3) is 11.1 Å². The van der Waals surface area contributed by atoms with Crippen LogP contribution in [-0.4, -0.2) is 66.1 Å². The van der Waals surface area contributed by atoms with Crippen molar-refractivity contribution in [3.8, 4) is 11.1 Å². The summed E-state index contributed by atoms with van der Waals surface area (Å²) >= 11 is 1.56. The fourth-order valence-electron chi connectivity index (χ4n) is 8.72. The lowest BCUT2D eigenvalue weighted by Gasteiger charge is -2.36. The predicted molar refractivity (Wildman–Crippen MR) is 265 cm³/mol. The third kappa shape index (κ3) is 11.9. The summed E-state index contributed by atoms with van der Waals surface area (Å²) in [7, 11) is 0. The first-order chi connectivity index (χ1) is 32.6. The average molecular weight is 915 g/mol. The lowest BCUT2D eigenvalue weighted by molar-refractivity contribution is -0.133. The van der Waals surface area contributed by atoms with Crippen molar-refractivity contribution in [1.82, 2.24) is 21.3 Å². The number of Topliss-reactive ketones (excluding diaryl/α,β-unsaturated/α-hetero) is 1. The molecule has 0 bridgehead atoms. The maximum atomic E-state index is 14.3. The Bertz CT molecular complexity index is 2470. The number of nitrogens with one attached hydrogen (secondary N) is 4. The molecule has 11 heteroatoms. The number of alkyl carbamates (subject to hydrolysis) is 1. The molecule has 344 valence electrons. The summed E-state index contributed by atoms with van der Waals surface area (Å²) in [5, 5.41) is 11.5. The molecule has 1 aliphatic carbocycles. The second kappa shape index (κ2) is 23.0. The van der Waals surface area contributed by atoms with Crippen LogP contribution in [0.5, 0.6) is 0 Å². The van der Waals surface area contributed by atoms with Gasteiger partial charge in [0.15, 0.2) is 5.78 Å². The Morgan fingerprint density at radius 1 is 0.582 bits per heavy atom. The summed E-state index contributed by atoms with van der Waals surface area (Å²) < 4.78 is 4.97. The lowest BCUT2D eigenvalue weighted by Crippen LogP contribution is -2.56. The van der Waals surface area contributed by atoms with Gasteiger partial charge in [0.1, 0.15) is 18.7 Å². The molecule has 0 aliphatic heterocycles. The fraction of sp³-hybridized carbons (Fsp3) is 0.268. The summed E-state index contributed by atoms with van der Waals surface area (Å²) in [6, 6.07) is 52.7. The smallest absolute Gasteiger partial charge is 0.407 e. The Kier molecular flexibility index (Phi) is 16.4. The zero-order valence-electron chi connectivity index (χ0n) is 38.2. The van der Waals surface area contributed by atoms with Crippen molar-refractivity contribution >= 4 is 41.4 Å². The van der Waals surface area contributed by atoms with Crippen LogP contribution >= 0.6 is 11.8 Å². The summed E-state index contributed by atoms with van der Waals surface area (Å²) in [6.45, 7) is 5.21. The van der Waals surface area contributed by atoms with Crippen LogP contribution in [0.1, 0.15) is 79.3 Å². The minimum atomic E-state index is -1.06. The highest BCUT2D eigenvalue weighted by Crippen LogP contribution is 2.49. The van der Waals surface area contributed by atoms with Crippen molar-refractivity contribution in [2.24, 2.45) is 0 Å². The molecular weight excluding hydrogens is 857 g/mol. The summed E-state index contributed by atoms with van der Waals surface area (Å²) in [5.74, 6) is -1.49. The molecule has 6 aromatic rings. The van der Waals surface area contributed by atoms with Gasteiger partial charge in [0, 0.05) is 30.6 Å². The number of thioether (sulfide) groups is 1. The first-order valence-corrected chi connectivity index (χ1v) is 23.9. The first kappa shape index (κ1) is 48.0. The van der Waals surface area contributed by atoms with Gasteiger partial charge in [0.2, 0.25) is 17.7 Å². The van der Waals surface area contributed by atoms with Gasteiger partial charge in [0.05, 0.1) is 10.8 Å². The van der Waals surface area contributed by atoms with Crippen LogP contribution < -0.4 is 21.3 Å². The van der Waals surface area contributed by atoms with E-state index in [1.54, 1.807) is 25.6 Å². The maximum Gasteiger partial charge on any atom is 0.407 e. The van der Waals surface area contributed by atoms with Crippen molar-refractivity contribution in [3.05, 3.63) is 203 Å². The molecule has 0 fully saturated rings. The van der Waals surface area contributed by atoms with Gasteiger partial charge in [-0.25, -0.2) is 4.79 Å². The van der Waals surface area contributed by atoms with E-state index in [4.69, 9.17) is 4.74 Å². The molecule has 67 heavy (non-hydrogen) atoms. The fourth-order valence-corrected chi connectivity index (χ4v) is 10.4. The largest absolute Gasteiger partial charge is 0.449 e. The van der Waals surface area contributed by atoms with Crippen molar-refractivity contribution in [3.63, 3.8) is 0 Å². The number of hydrogen-bond acceptors (Lipinski definition) is 7. The summed E-state index contributed by atoms with van der Waals surface area (Å²) in [4.78, 5) is 67.9. The van der Waals surface area contributed by atoms with Gasteiger partial charge in [-0.2, -0.15) is 0 Å². The van der Waals surface area contributed by atoms with E-state index in [-0.39, 0.29) is 55.3 Å². The molecule has 4 amide bonds. The number of ketones is 1. The Morgan fingerprint density at radius 2 is 1.04 bits per heavy atom. The molecule has 1 aliphatic rings. The van der Waals surface area contributed by atoms with Gasteiger partial charge in [-0.3, -0.25) is 19.2 Å². The van der Waals surface area contributed by atoms with Gasteiger partial charge in [-0.1, -0.05) is 177 Å². The molecule has 4 atom stereocenters. The highest BCUT2D eigenvalue weighted by atomic mass is 32.2. The topological polar surface area (TPSA) is 143 Å². The Labute approximate surface area is 397 Å². The quantitative estimate of drug-likeness (QED) is 0.0528. The number of rotatable bonds is 21. The molecule has 0 saturated heterocycles. The highest BCUT2D eigenvalue weighted by Gasteiger charge is 2.39. The molecule has 0 radical (unpaired) electrons. The minimum Gasteiger partial charge on any atom is -0.449 e. The zero-order chi connectivity index (χ0) is 47.2. The highest BCUT2D eigenvalue weighted by molar-refractivity contribution is 8.00. The summed E-state index contributed by atoms with van der Waals surface area (Å²) in [6.07, 6.45) is 0.186. The van der Waals surface area contributed by atoms with Crippen molar-refractivity contribution in [1.29, 1.82) is 0 Å². The monoisotopic (exact) mass is 914 g/mol. The lowest BCUT2D eigenvalue weighted by atomic mass is 9.84. The average Bonchev–Trinajstić information content (AvgIpc) is 3.68. The number of benzene rings is 6. The Balaban J connectivity index is 0.971. The van der Waals surface area contributed by atoms with Crippen LogP contribution in [0.4, 0.5) is 4.79 Å². The third-order valence-corrected chi connectivity index (χ3v) is 13.9. The van der Waals surface area contributed by atoms with Crippen LogP contribution in [0.2, 0.25) is 0 Å². The van der Waals surface area contributed by atoms with E-state index < -0.39 is 40.8 Å². The van der Waals surface area contributed by atoms with Gasteiger partial charge < -0.3 is 26.0 Å². The number of hydrogen-bond donors (Lipinski definition) is 4. The molecule has 0 unspecified atom stereocenters. The number of ether oxygens (including phenoxy) is 1. The number of carbonyl (C=O) groups is 5. The van der Waals surface area contributed by atoms with Gasteiger partial charge in [-0.15, -0.1) is 11.8 Å². The van der Waals surface area contributed by atoms with Crippen LogP contribution in [0, 0.1) is 0 Å². The molecule has 0 spiro atoms. The molecule has 4 N–H and O–H groups in total. The van der Waals surface area contributed by atoms with E-state index in [2.05, 4.69) is 81.9 Å². The van der Waals surface area contributed by atoms with E-state index in [1.807, 2.05) is 109 Å². The van der Waals surface area contributed by atoms with Crippen molar-refractivity contribution < 1.29 is 28.7 Å². The van der Waals surface area contributed by atoms with E-state index in [9.17, 15) is 24.0 Å². The van der Waals surface area contributed by atoms with E-state index in [0.29, 0.717) is 6.42 Å². The molecule has 0 aromatic heterocycles. The molecule has 10 nitrogen and oxygen atoms in total. The second-order valence-corrected chi connectivity index (χ2v) is 18.2. The number of carbonyl (C=O) groups excluding carboxylic acids is 5. The molecule has 0 saturated carbocycles. The molecule has 6 aromatic carbocycles. The Hall–Kier alpha value is -6.98. The van der Waals surface area contributed by atoms with E-state index in [1.165, 1.54) is 6.92 Å². The van der Waals surface area contributed by atoms with E-state index >= 15 is 0 Å². The predicted octanol–water partition coefficient (Wildman–Crippen LogP) is 9.12. The van der Waals surface area contributed by atoms with Gasteiger partial charge >= 0.3 is 6.09 Å². The standard InChI is InChI=1S/C56H58N4O6S/c1-4-49(58-52(62)34-33-38(2)57-55(65)66-36-48-46-31-19-17-29-44(46)45-30-18-20-32-47(45)48)53(63)59-50(35-40-21-9-5-10-22-40)54(64)60-51(39(3)61)37-67-56(41-23-11-6-12-24-41,42-25-13-7-14-26-42)43-27-15-8-16-28-43/h5-32,38,48-51H,4,33-37H2,1-3H3,(H,57,65)(H,58,62)(H,59,63)(H,60,64)/t38-,49-,50-,51-/m0/s1. The van der Waals surface area contributed by atoms with Crippen molar-refractivity contribution in [2.75, 3.05) is 12.4 Å². The van der Waals surface area contributed by atoms with Gasteiger partial charge in [0.25, 0.3) is 0 Å². The van der Waals surface area contributed by atoms with Gasteiger partial charge in [-0.05, 0) is 71.2 Å². The maximum absolute atomic E-state index is 14.3. The molecule has 7 rings (SSSR count). The number of amides is 4. The molecular formula is C56H58N4O6S. The zero-order valence-corrected chi connectivity index (χ0v) is 39.0. The van der Waals surface area contributed by atoms with Crippen LogP contribution in [-0.2, 0) is 35.1 Å². The normalized spacial score (nSPS) is 13.7. The SMILES string of the molecule is CC[C@H](NC(=O)CC[C@H](C)NC(=O)OCC1c2ccccc2-c2ccccc21)C(=O)N[C@@H](Cc1ccccc1)C(=O)N[C@@H](CSC(c1ccccc1)(c1ccccc1)c1ccccc1)C(C)=O. The second-order valence-electron chi connectivity index (χ2n) is 17.0. The third-order valence-electron chi connectivity index (χ3n) is 12.3. The first-order valence-electron chi connectivity index (χ1n) is 22.9.